The fraction of sp³-hybridized carbons (Fsp3) is 0.867. The van der Waals surface area contributed by atoms with E-state index < -0.39 is 5.41 Å². The molecule has 1 aliphatic rings. The maximum atomic E-state index is 13.1. The number of carbonyl (C=O) groups excluding carboxylic acids is 1. The lowest BCUT2D eigenvalue weighted by Gasteiger charge is -2.36. The molecule has 6 heteroatoms. The lowest BCUT2D eigenvalue weighted by Crippen LogP contribution is -2.52. The first kappa shape index (κ1) is 17.8. The van der Waals surface area contributed by atoms with Crippen molar-refractivity contribution in [2.45, 2.75) is 46.0 Å². The van der Waals surface area contributed by atoms with Crippen molar-refractivity contribution in [3.05, 3.63) is 0 Å². The summed E-state index contributed by atoms with van der Waals surface area (Å²) in [6, 6.07) is 0. The Labute approximate surface area is 128 Å². The number of likely N-dealkylation sites (N-methyl/N-ethyl adjacent to an activating group) is 1. The number of hydrogen-bond donors (Lipinski definition) is 2. The highest BCUT2D eigenvalue weighted by Crippen LogP contribution is 2.33. The highest BCUT2D eigenvalue weighted by Gasteiger charge is 2.44. The van der Waals surface area contributed by atoms with Gasteiger partial charge in [0, 0.05) is 19.6 Å². The van der Waals surface area contributed by atoms with Crippen molar-refractivity contribution in [1.82, 2.24) is 9.80 Å². The van der Waals surface area contributed by atoms with Gasteiger partial charge in [0.1, 0.15) is 5.41 Å². The van der Waals surface area contributed by atoms with Gasteiger partial charge in [-0.3, -0.25) is 4.79 Å². The van der Waals surface area contributed by atoms with Gasteiger partial charge in [-0.2, -0.15) is 0 Å². The minimum Gasteiger partial charge on any atom is -0.409 e. The van der Waals surface area contributed by atoms with Crippen LogP contribution in [0, 0.1) is 5.41 Å². The molecule has 1 heterocycles. The minimum absolute atomic E-state index is 0.0248. The summed E-state index contributed by atoms with van der Waals surface area (Å²) in [5.41, 5.74) is 5.09. The van der Waals surface area contributed by atoms with E-state index in [1.165, 1.54) is 0 Å². The summed E-state index contributed by atoms with van der Waals surface area (Å²) in [5, 5.41) is 12.3. The molecule has 0 radical (unpaired) electrons. The number of amidine groups is 1. The molecular weight excluding hydrogens is 268 g/mol. The van der Waals surface area contributed by atoms with E-state index in [-0.39, 0.29) is 11.7 Å². The first-order chi connectivity index (χ1) is 10.0. The van der Waals surface area contributed by atoms with Crippen molar-refractivity contribution in [3.8, 4) is 0 Å². The molecule has 122 valence electrons. The van der Waals surface area contributed by atoms with E-state index in [1.54, 1.807) is 0 Å². The molecule has 0 bridgehead atoms. The van der Waals surface area contributed by atoms with Crippen LogP contribution in [0.4, 0.5) is 0 Å². The summed E-state index contributed by atoms with van der Waals surface area (Å²) in [5.74, 6) is 0.0885. The summed E-state index contributed by atoms with van der Waals surface area (Å²) in [6.45, 7) is 7.38. The zero-order chi connectivity index (χ0) is 15.9. The molecule has 0 aromatic rings. The van der Waals surface area contributed by atoms with Crippen molar-refractivity contribution in [1.29, 1.82) is 0 Å². The second kappa shape index (κ2) is 8.22. The van der Waals surface area contributed by atoms with Gasteiger partial charge < -0.3 is 20.7 Å². The first-order valence-electron chi connectivity index (χ1n) is 7.97. The summed E-state index contributed by atoms with van der Waals surface area (Å²) < 4.78 is 0. The normalized spacial score (nSPS) is 18.6. The highest BCUT2D eigenvalue weighted by molar-refractivity contribution is 6.06. The Morgan fingerprint density at radius 3 is 2.33 bits per heavy atom. The predicted octanol–water partition coefficient (Wildman–Crippen LogP) is 1.48. The molecule has 0 saturated carbocycles. The SMILES string of the molecule is CCCC(CCC)(C(=O)N1CCCN(C)CC1)C(N)=NO. The molecule has 1 saturated heterocycles. The Bertz CT molecular complexity index is 365. The summed E-state index contributed by atoms with van der Waals surface area (Å²) in [6.07, 6.45) is 3.88. The largest absolute Gasteiger partial charge is 0.409 e. The average Bonchev–Trinajstić information content (AvgIpc) is 2.70. The third kappa shape index (κ3) is 4.09. The van der Waals surface area contributed by atoms with E-state index in [0.717, 1.165) is 38.9 Å². The van der Waals surface area contributed by atoms with E-state index in [2.05, 4.69) is 17.1 Å². The number of amides is 1. The Balaban J connectivity index is 3.02. The predicted molar refractivity (Wildman–Crippen MR) is 84.4 cm³/mol. The summed E-state index contributed by atoms with van der Waals surface area (Å²) >= 11 is 0. The first-order valence-corrected chi connectivity index (χ1v) is 7.97. The second-order valence-corrected chi connectivity index (χ2v) is 6.02. The zero-order valence-corrected chi connectivity index (χ0v) is 13.6. The Morgan fingerprint density at radius 1 is 1.19 bits per heavy atom. The molecule has 6 nitrogen and oxygen atoms in total. The fourth-order valence-corrected chi connectivity index (χ4v) is 3.21. The molecule has 3 N–H and O–H groups in total. The van der Waals surface area contributed by atoms with Crippen LogP contribution in [0.2, 0.25) is 0 Å². The van der Waals surface area contributed by atoms with E-state index in [4.69, 9.17) is 10.9 Å². The van der Waals surface area contributed by atoms with Gasteiger partial charge in [-0.15, -0.1) is 0 Å². The summed E-state index contributed by atoms with van der Waals surface area (Å²) in [4.78, 5) is 17.2. The summed E-state index contributed by atoms with van der Waals surface area (Å²) in [7, 11) is 2.07. The van der Waals surface area contributed by atoms with Crippen molar-refractivity contribution in [2.75, 3.05) is 33.2 Å². The zero-order valence-electron chi connectivity index (χ0n) is 13.6. The van der Waals surface area contributed by atoms with Crippen LogP contribution in [0.5, 0.6) is 0 Å². The van der Waals surface area contributed by atoms with Gasteiger partial charge in [0.2, 0.25) is 5.91 Å². The fourth-order valence-electron chi connectivity index (χ4n) is 3.21. The van der Waals surface area contributed by atoms with Crippen LogP contribution >= 0.6 is 0 Å². The molecule has 21 heavy (non-hydrogen) atoms. The number of hydrogen-bond acceptors (Lipinski definition) is 4. The molecule has 1 aliphatic heterocycles. The van der Waals surface area contributed by atoms with Crippen molar-refractivity contribution < 1.29 is 10.0 Å². The van der Waals surface area contributed by atoms with Crippen LogP contribution in [-0.2, 0) is 4.79 Å². The molecule has 1 amide bonds. The van der Waals surface area contributed by atoms with Crippen LogP contribution in [0.1, 0.15) is 46.0 Å². The third-order valence-electron chi connectivity index (χ3n) is 4.37. The van der Waals surface area contributed by atoms with Crippen LogP contribution in [0.25, 0.3) is 0 Å². The number of carbonyl (C=O) groups is 1. The Morgan fingerprint density at radius 2 is 1.81 bits per heavy atom. The van der Waals surface area contributed by atoms with Crippen molar-refractivity contribution >= 4 is 11.7 Å². The molecular formula is C15H30N4O2. The molecule has 1 rings (SSSR count). The number of nitrogens with two attached hydrogens (primary N) is 1. The molecule has 0 spiro atoms. The van der Waals surface area contributed by atoms with Gasteiger partial charge in [-0.25, -0.2) is 0 Å². The maximum absolute atomic E-state index is 13.1. The standard InChI is InChI=1S/C15H30N4O2/c1-4-7-15(8-5-2,13(16)17-21)14(20)19-10-6-9-18(3)11-12-19/h21H,4-12H2,1-3H3,(H2,16,17). The lowest BCUT2D eigenvalue weighted by molar-refractivity contribution is -0.139. The van der Waals surface area contributed by atoms with Gasteiger partial charge in [0.25, 0.3) is 0 Å². The van der Waals surface area contributed by atoms with E-state index in [9.17, 15) is 4.79 Å². The van der Waals surface area contributed by atoms with Gasteiger partial charge >= 0.3 is 0 Å². The average molecular weight is 298 g/mol. The molecule has 0 aromatic carbocycles. The molecule has 1 fully saturated rings. The quantitative estimate of drug-likeness (QED) is 0.337. The van der Waals surface area contributed by atoms with Crippen LogP contribution in [0.15, 0.2) is 5.16 Å². The number of rotatable bonds is 6. The smallest absolute Gasteiger partial charge is 0.236 e. The van der Waals surface area contributed by atoms with Crippen LogP contribution < -0.4 is 5.73 Å². The van der Waals surface area contributed by atoms with Crippen molar-refractivity contribution in [2.24, 2.45) is 16.3 Å². The minimum atomic E-state index is -0.846. The van der Waals surface area contributed by atoms with Gasteiger partial charge in [0.05, 0.1) is 0 Å². The van der Waals surface area contributed by atoms with E-state index in [0.29, 0.717) is 19.4 Å². The lowest BCUT2D eigenvalue weighted by atomic mass is 9.76. The van der Waals surface area contributed by atoms with Crippen molar-refractivity contribution in [3.63, 3.8) is 0 Å². The molecule has 0 aromatic heterocycles. The topological polar surface area (TPSA) is 82.2 Å². The van der Waals surface area contributed by atoms with E-state index in [1.807, 2.05) is 18.7 Å². The number of oxime groups is 1. The van der Waals surface area contributed by atoms with Gasteiger partial charge in [-0.05, 0) is 32.9 Å². The molecule has 0 atom stereocenters. The Hall–Kier alpha value is -1.30. The second-order valence-electron chi connectivity index (χ2n) is 6.02. The van der Waals surface area contributed by atoms with Gasteiger partial charge in [-0.1, -0.05) is 31.8 Å². The Kier molecular flexibility index (Phi) is 6.95. The monoisotopic (exact) mass is 298 g/mol. The number of nitrogens with zero attached hydrogens (tertiary/aromatic N) is 3. The highest BCUT2D eigenvalue weighted by atomic mass is 16.4. The van der Waals surface area contributed by atoms with E-state index >= 15 is 0 Å². The molecule has 0 unspecified atom stereocenters. The third-order valence-corrected chi connectivity index (χ3v) is 4.37. The maximum Gasteiger partial charge on any atom is 0.236 e. The van der Waals surface area contributed by atoms with Crippen LogP contribution in [-0.4, -0.2) is 60.0 Å². The van der Waals surface area contributed by atoms with Crippen LogP contribution in [0.3, 0.4) is 0 Å². The molecule has 0 aliphatic carbocycles. The van der Waals surface area contributed by atoms with Gasteiger partial charge in [0.15, 0.2) is 5.84 Å².